The van der Waals surface area contributed by atoms with Crippen LogP contribution in [-0.4, -0.2) is 122 Å². The molecule has 0 saturated carbocycles. The summed E-state index contributed by atoms with van der Waals surface area (Å²) in [4.78, 5) is 64.5. The summed E-state index contributed by atoms with van der Waals surface area (Å²) in [5.41, 5.74) is 5.58. The lowest BCUT2D eigenvalue weighted by Gasteiger charge is -2.21. The van der Waals surface area contributed by atoms with Gasteiger partial charge >= 0.3 is 0 Å². The molecule has 10 N–H and O–H groups in total. The number of thiol groups is 1. The second kappa shape index (κ2) is 21.6. The van der Waals surface area contributed by atoms with E-state index in [9.17, 15) is 29.1 Å². The molecule has 2 aliphatic heterocycles. The number of carbonyl (C=O) groups is 5. The molecule has 4 atom stereocenters. The van der Waals surface area contributed by atoms with E-state index in [-0.39, 0.29) is 60.8 Å². The van der Waals surface area contributed by atoms with Crippen molar-refractivity contribution < 1.29 is 29.1 Å². The molecule has 1 unspecified atom stereocenters. The number of rotatable bonds is 18. The van der Waals surface area contributed by atoms with Gasteiger partial charge < -0.3 is 48.1 Å². The van der Waals surface area contributed by atoms with Crippen molar-refractivity contribution >= 4 is 42.2 Å². The Kier molecular flexibility index (Phi) is 17.6. The van der Waals surface area contributed by atoms with Crippen LogP contribution in [0.3, 0.4) is 0 Å². The maximum Gasteiger partial charge on any atom is 0.242 e. The number of carbonyl (C=O) groups excluding carboxylic acids is 5. The van der Waals surface area contributed by atoms with Crippen LogP contribution >= 0.6 is 12.6 Å². The summed E-state index contributed by atoms with van der Waals surface area (Å²) in [6, 6.07) is 4.78. The average molecular weight is 706 g/mol. The van der Waals surface area contributed by atoms with Crippen LogP contribution in [-0.2, 0) is 30.4 Å². The molecule has 274 valence electrons. The van der Waals surface area contributed by atoms with Crippen molar-refractivity contribution in [2.24, 2.45) is 5.73 Å². The zero-order chi connectivity index (χ0) is 35.5. The fourth-order valence-corrected chi connectivity index (χ4v) is 5.92. The van der Waals surface area contributed by atoms with Crippen molar-refractivity contribution in [1.29, 1.82) is 0 Å². The Morgan fingerprint density at radius 2 is 1.49 bits per heavy atom. The SMILES string of the molecule is NC(=O)[C@H](CS)NC(=O)CCCCCNC(=O)[C@H](Cc1ccc(O)cc1)NC(=O)CCCC(=O)N[C@@]12CNCCNCCCNCCN1C2. The number of phenols is 1. The number of hydrogen-bond acceptors (Lipinski definition) is 11. The number of aromatic hydroxyl groups is 1. The predicted molar refractivity (Wildman–Crippen MR) is 190 cm³/mol. The Labute approximate surface area is 294 Å². The van der Waals surface area contributed by atoms with Crippen LogP contribution in [0.15, 0.2) is 24.3 Å². The van der Waals surface area contributed by atoms with Gasteiger partial charge in [-0.2, -0.15) is 12.6 Å². The summed E-state index contributed by atoms with van der Waals surface area (Å²) in [6.07, 6.45) is 3.96. The van der Waals surface area contributed by atoms with Crippen LogP contribution in [0.1, 0.15) is 56.9 Å². The monoisotopic (exact) mass is 705 g/mol. The van der Waals surface area contributed by atoms with Gasteiger partial charge in [0.15, 0.2) is 0 Å². The van der Waals surface area contributed by atoms with Crippen LogP contribution in [0.5, 0.6) is 5.75 Å². The number of nitrogens with zero attached hydrogens (tertiary/aromatic N) is 1. The lowest BCUT2D eigenvalue weighted by Crippen LogP contribution is -2.50. The smallest absolute Gasteiger partial charge is 0.242 e. The van der Waals surface area contributed by atoms with Gasteiger partial charge in [-0.3, -0.25) is 28.9 Å². The zero-order valence-electron chi connectivity index (χ0n) is 28.4. The Morgan fingerprint density at radius 1 is 0.837 bits per heavy atom. The van der Waals surface area contributed by atoms with Crippen LogP contribution in [0.25, 0.3) is 0 Å². The number of nitrogens with one attached hydrogen (secondary N) is 7. The number of fused-ring (bicyclic) bond motifs is 1. The number of primary amides is 1. The summed E-state index contributed by atoms with van der Waals surface area (Å²) in [5.74, 6) is -1.50. The van der Waals surface area contributed by atoms with E-state index in [1.54, 1.807) is 12.1 Å². The summed E-state index contributed by atoms with van der Waals surface area (Å²) in [5, 5.41) is 31.4. The van der Waals surface area contributed by atoms with Gasteiger partial charge in [0.1, 0.15) is 23.5 Å². The fraction of sp³-hybridized carbons (Fsp3) is 0.667. The van der Waals surface area contributed by atoms with Crippen molar-refractivity contribution in [2.45, 2.75) is 75.5 Å². The highest BCUT2D eigenvalue weighted by molar-refractivity contribution is 7.80. The lowest BCUT2D eigenvalue weighted by molar-refractivity contribution is -0.129. The molecular formula is C33H55N9O6S. The Balaban J connectivity index is 1.42. The van der Waals surface area contributed by atoms with Crippen LogP contribution in [0.2, 0.25) is 0 Å². The highest BCUT2D eigenvalue weighted by Crippen LogP contribution is 2.28. The van der Waals surface area contributed by atoms with E-state index in [2.05, 4.69) is 54.7 Å². The summed E-state index contributed by atoms with van der Waals surface area (Å²) in [6.45, 7) is 7.07. The van der Waals surface area contributed by atoms with Crippen molar-refractivity contribution in [2.75, 3.05) is 64.7 Å². The first kappa shape index (κ1) is 40.0. The van der Waals surface area contributed by atoms with Gasteiger partial charge in [-0.25, -0.2) is 0 Å². The molecule has 0 spiro atoms. The summed E-state index contributed by atoms with van der Waals surface area (Å²) < 4.78 is 0. The molecule has 0 bridgehead atoms. The second-order valence-electron chi connectivity index (χ2n) is 12.7. The number of amides is 5. The first-order valence-electron chi connectivity index (χ1n) is 17.3. The number of unbranched alkanes of at least 4 members (excludes halogenated alkanes) is 2. The maximum absolute atomic E-state index is 13.1. The normalized spacial score (nSPS) is 20.9. The lowest BCUT2D eigenvalue weighted by atomic mass is 10.0. The van der Waals surface area contributed by atoms with E-state index in [1.165, 1.54) is 12.1 Å². The van der Waals surface area contributed by atoms with E-state index in [0.29, 0.717) is 38.8 Å². The molecule has 16 heteroatoms. The average Bonchev–Trinajstić information content (AvgIpc) is 3.74. The van der Waals surface area contributed by atoms with Crippen LogP contribution in [0.4, 0.5) is 0 Å². The van der Waals surface area contributed by atoms with Gasteiger partial charge in [0.2, 0.25) is 29.5 Å². The standard InChI is InChI=1S/C33H55N9O6S/c34-31(47)27(21-49)40-28(44)6-2-1-3-15-38-32(48)26(20-24-9-11-25(43)12-10-24)39-29(45)7-4-8-30(46)41-33-22-37-17-16-35-13-5-14-36-18-19-42(33)23-33/h9-12,26-27,35-37,43,49H,1-8,13-23H2,(H2,34,47)(H,38,48)(H,39,45)(H,40,44)(H,41,46)/t26-,27-,33-,42?/m0/s1. The molecule has 1 aromatic carbocycles. The van der Waals surface area contributed by atoms with Crippen molar-refractivity contribution in [3.8, 4) is 5.75 Å². The molecule has 5 amide bonds. The van der Waals surface area contributed by atoms with Gasteiger partial charge in [0.25, 0.3) is 0 Å². The molecule has 0 aromatic heterocycles. The summed E-state index contributed by atoms with van der Waals surface area (Å²) >= 11 is 4.01. The molecule has 49 heavy (non-hydrogen) atoms. The molecule has 3 rings (SSSR count). The molecule has 2 saturated heterocycles. The third kappa shape index (κ3) is 15.3. The molecule has 2 aliphatic rings. The van der Waals surface area contributed by atoms with Crippen molar-refractivity contribution in [3.05, 3.63) is 29.8 Å². The van der Waals surface area contributed by atoms with Gasteiger partial charge in [-0.05, 0) is 56.5 Å². The second-order valence-corrected chi connectivity index (χ2v) is 13.0. The summed E-state index contributed by atoms with van der Waals surface area (Å²) in [7, 11) is 0. The largest absolute Gasteiger partial charge is 0.508 e. The number of phenolic OH excluding ortho intramolecular Hbond substituents is 1. The van der Waals surface area contributed by atoms with Crippen LogP contribution in [0, 0.1) is 0 Å². The van der Waals surface area contributed by atoms with Gasteiger partial charge in [0, 0.05) is 77.2 Å². The maximum atomic E-state index is 13.1. The van der Waals surface area contributed by atoms with E-state index in [0.717, 1.165) is 57.8 Å². The number of hydrogen-bond donors (Lipinski definition) is 10. The van der Waals surface area contributed by atoms with Gasteiger partial charge in [0.05, 0.1) is 0 Å². The molecule has 15 nitrogen and oxygen atoms in total. The molecular weight excluding hydrogens is 650 g/mol. The molecule has 0 aliphatic carbocycles. The minimum Gasteiger partial charge on any atom is -0.508 e. The fourth-order valence-electron chi connectivity index (χ4n) is 5.65. The van der Waals surface area contributed by atoms with Crippen molar-refractivity contribution in [1.82, 2.24) is 42.1 Å². The first-order valence-corrected chi connectivity index (χ1v) is 18.0. The Hall–Kier alpha value is -3.44. The van der Waals surface area contributed by atoms with Crippen LogP contribution < -0.4 is 43.0 Å². The Morgan fingerprint density at radius 3 is 2.20 bits per heavy atom. The molecule has 2 fully saturated rings. The van der Waals surface area contributed by atoms with E-state index < -0.39 is 23.7 Å². The minimum absolute atomic E-state index is 0.0865. The number of benzene rings is 1. The highest BCUT2D eigenvalue weighted by atomic mass is 32.1. The third-order valence-corrected chi connectivity index (χ3v) is 8.93. The first-order chi connectivity index (χ1) is 23.6. The Bertz CT molecular complexity index is 1220. The predicted octanol–water partition coefficient (Wildman–Crippen LogP) is -1.53. The molecule has 2 heterocycles. The number of nitrogens with two attached hydrogens (primary N) is 1. The zero-order valence-corrected chi connectivity index (χ0v) is 29.3. The topological polar surface area (TPSA) is 219 Å². The van der Waals surface area contributed by atoms with Gasteiger partial charge in [-0.1, -0.05) is 18.6 Å². The quantitative estimate of drug-likeness (QED) is 0.0483. The van der Waals surface area contributed by atoms with Gasteiger partial charge in [-0.15, -0.1) is 0 Å². The minimum atomic E-state index is -0.850. The molecule has 0 radical (unpaired) electrons. The highest BCUT2D eigenvalue weighted by Gasteiger charge is 2.52. The van der Waals surface area contributed by atoms with E-state index in [1.807, 2.05) is 0 Å². The molecule has 1 aromatic rings. The van der Waals surface area contributed by atoms with Crippen molar-refractivity contribution in [3.63, 3.8) is 0 Å². The van der Waals surface area contributed by atoms with E-state index >= 15 is 0 Å². The third-order valence-electron chi connectivity index (χ3n) is 8.56. The van der Waals surface area contributed by atoms with E-state index in [4.69, 9.17) is 5.73 Å².